The molecule has 1 N–H and O–H groups in total. The molecule has 158 valence electrons. The number of aliphatic hydroxyl groups is 1. The van der Waals surface area contributed by atoms with Crippen LogP contribution in [0.3, 0.4) is 0 Å². The van der Waals surface area contributed by atoms with Gasteiger partial charge in [0.2, 0.25) is 0 Å². The molecule has 0 radical (unpaired) electrons. The van der Waals surface area contributed by atoms with Crippen molar-refractivity contribution in [1.29, 1.82) is 0 Å². The molecule has 4 rings (SSSR count). The second kappa shape index (κ2) is 8.10. The van der Waals surface area contributed by atoms with Gasteiger partial charge in [-0.1, -0.05) is 12.1 Å². The molecule has 3 heterocycles. The number of aliphatic hydroxyl groups excluding tert-OH is 1. The molecule has 0 spiro atoms. The van der Waals surface area contributed by atoms with Gasteiger partial charge in [0.25, 0.3) is 11.7 Å². The molecule has 1 atom stereocenters. The molecule has 31 heavy (non-hydrogen) atoms. The van der Waals surface area contributed by atoms with E-state index in [-0.39, 0.29) is 17.9 Å². The van der Waals surface area contributed by atoms with Gasteiger partial charge in [-0.05, 0) is 55.3 Å². The van der Waals surface area contributed by atoms with Crippen LogP contribution in [-0.4, -0.2) is 33.8 Å². The van der Waals surface area contributed by atoms with Gasteiger partial charge in [-0.3, -0.25) is 14.6 Å². The van der Waals surface area contributed by atoms with Crippen LogP contribution in [0.2, 0.25) is 0 Å². The number of Topliss-reactive ketones (excluding diaryl/α,β-unsaturated/α-hetero) is 1. The molecule has 1 aromatic carbocycles. The van der Waals surface area contributed by atoms with Gasteiger partial charge < -0.3 is 19.2 Å². The third-order valence-electron chi connectivity index (χ3n) is 5.29. The fraction of sp³-hybridized carbons (Fsp3) is 0.208. The Kier molecular flexibility index (Phi) is 5.33. The molecule has 3 aromatic rings. The number of likely N-dealkylation sites (tertiary alicyclic amines) is 1. The summed E-state index contributed by atoms with van der Waals surface area (Å²) in [5.74, 6) is -0.829. The summed E-state index contributed by atoms with van der Waals surface area (Å²) in [6, 6.07) is 11.5. The second-order valence-corrected chi connectivity index (χ2v) is 7.42. The van der Waals surface area contributed by atoms with Crippen LogP contribution in [0.4, 0.5) is 0 Å². The second-order valence-electron chi connectivity index (χ2n) is 7.42. The number of pyridine rings is 1. The van der Waals surface area contributed by atoms with E-state index in [0.717, 1.165) is 11.1 Å². The molecule has 0 bridgehead atoms. The van der Waals surface area contributed by atoms with Crippen LogP contribution >= 0.6 is 0 Å². The Morgan fingerprint density at radius 1 is 1.19 bits per heavy atom. The molecule has 1 amide bonds. The quantitative estimate of drug-likeness (QED) is 0.384. The number of ketones is 1. The van der Waals surface area contributed by atoms with Gasteiger partial charge in [-0.2, -0.15) is 0 Å². The molecular formula is C24H22N2O5. The Bertz CT molecular complexity index is 1170. The van der Waals surface area contributed by atoms with Crippen LogP contribution < -0.4 is 4.74 Å². The number of carbonyl (C=O) groups is 2. The summed E-state index contributed by atoms with van der Waals surface area (Å²) in [5, 5.41) is 11.3. The van der Waals surface area contributed by atoms with Crippen LogP contribution in [0, 0.1) is 13.8 Å². The van der Waals surface area contributed by atoms with Crippen LogP contribution in [0.15, 0.2) is 64.9 Å². The molecular weight excluding hydrogens is 396 g/mol. The number of hydrogen-bond donors (Lipinski definition) is 1. The van der Waals surface area contributed by atoms with Crippen molar-refractivity contribution in [3.63, 3.8) is 0 Å². The summed E-state index contributed by atoms with van der Waals surface area (Å²) >= 11 is 0. The molecule has 7 nitrogen and oxygen atoms in total. The average molecular weight is 418 g/mol. The van der Waals surface area contributed by atoms with E-state index in [9.17, 15) is 14.7 Å². The summed E-state index contributed by atoms with van der Waals surface area (Å²) in [7, 11) is 1.50. The minimum absolute atomic E-state index is 0.0291. The number of aromatic nitrogens is 1. The van der Waals surface area contributed by atoms with Crippen molar-refractivity contribution in [2.24, 2.45) is 0 Å². The molecule has 1 aliphatic rings. The highest BCUT2D eigenvalue weighted by molar-refractivity contribution is 6.46. The average Bonchev–Trinajstić information content (AvgIpc) is 3.36. The van der Waals surface area contributed by atoms with Crippen molar-refractivity contribution in [3.05, 3.63) is 88.6 Å². The minimum Gasteiger partial charge on any atom is -0.507 e. The number of ether oxygens (including phenoxy) is 1. The predicted molar refractivity (Wildman–Crippen MR) is 113 cm³/mol. The number of nitrogens with zero attached hydrogens (tertiary/aromatic N) is 2. The Morgan fingerprint density at radius 3 is 2.65 bits per heavy atom. The lowest BCUT2D eigenvalue weighted by Gasteiger charge is -2.24. The zero-order valence-corrected chi connectivity index (χ0v) is 17.5. The normalized spacial score (nSPS) is 17.9. The molecule has 1 saturated heterocycles. The van der Waals surface area contributed by atoms with E-state index in [2.05, 4.69) is 4.98 Å². The van der Waals surface area contributed by atoms with E-state index in [4.69, 9.17) is 9.15 Å². The summed E-state index contributed by atoms with van der Waals surface area (Å²) in [6.07, 6.45) is 3.09. The summed E-state index contributed by atoms with van der Waals surface area (Å²) < 4.78 is 10.9. The van der Waals surface area contributed by atoms with Gasteiger partial charge in [0, 0.05) is 6.20 Å². The van der Waals surface area contributed by atoms with Gasteiger partial charge in [-0.15, -0.1) is 0 Å². The smallest absolute Gasteiger partial charge is 0.296 e. The highest BCUT2D eigenvalue weighted by atomic mass is 16.5. The summed E-state index contributed by atoms with van der Waals surface area (Å²) in [6.45, 7) is 3.81. The first-order valence-electron chi connectivity index (χ1n) is 9.79. The van der Waals surface area contributed by atoms with Crippen LogP contribution in [0.5, 0.6) is 5.75 Å². The Balaban J connectivity index is 1.93. The van der Waals surface area contributed by atoms with E-state index >= 15 is 0 Å². The van der Waals surface area contributed by atoms with Crippen molar-refractivity contribution in [3.8, 4) is 5.75 Å². The van der Waals surface area contributed by atoms with Crippen molar-refractivity contribution in [2.75, 3.05) is 7.11 Å². The maximum Gasteiger partial charge on any atom is 0.296 e. The van der Waals surface area contributed by atoms with Crippen LogP contribution in [-0.2, 0) is 16.1 Å². The molecule has 2 aromatic heterocycles. The molecule has 1 fully saturated rings. The largest absolute Gasteiger partial charge is 0.507 e. The third kappa shape index (κ3) is 3.59. The molecule has 0 saturated carbocycles. The maximum atomic E-state index is 13.1. The molecule has 7 heteroatoms. The van der Waals surface area contributed by atoms with Gasteiger partial charge in [-0.25, -0.2) is 0 Å². The fourth-order valence-corrected chi connectivity index (χ4v) is 4.01. The highest BCUT2D eigenvalue weighted by Crippen LogP contribution is 2.41. The zero-order valence-electron chi connectivity index (χ0n) is 17.5. The standard InChI is InChI=1S/C24H22N2O5/c1-14-11-15(2)23(30-3)17(12-14)21(27)19-20(18-8-4-5-9-25-18)26(24(29)22(19)28)13-16-7-6-10-31-16/h4-12,20,27H,13H2,1-3H3/b21-19+. The Labute approximate surface area is 179 Å². The Morgan fingerprint density at radius 2 is 2.00 bits per heavy atom. The molecule has 0 aliphatic carbocycles. The SMILES string of the molecule is COc1c(C)cc(C)cc1/C(O)=C1\C(=O)C(=O)N(Cc2ccco2)C1c1ccccn1. The maximum absolute atomic E-state index is 13.1. The fourth-order valence-electron chi connectivity index (χ4n) is 4.01. The van der Waals surface area contributed by atoms with Gasteiger partial charge >= 0.3 is 0 Å². The van der Waals surface area contributed by atoms with Crippen molar-refractivity contribution in [2.45, 2.75) is 26.4 Å². The monoisotopic (exact) mass is 418 g/mol. The lowest BCUT2D eigenvalue weighted by atomic mass is 9.95. The number of amides is 1. The van der Waals surface area contributed by atoms with Crippen molar-refractivity contribution >= 4 is 17.4 Å². The third-order valence-corrected chi connectivity index (χ3v) is 5.29. The first-order valence-corrected chi connectivity index (χ1v) is 9.79. The van der Waals surface area contributed by atoms with Crippen molar-refractivity contribution in [1.82, 2.24) is 9.88 Å². The highest BCUT2D eigenvalue weighted by Gasteiger charge is 2.47. The van der Waals surface area contributed by atoms with Crippen LogP contribution in [0.25, 0.3) is 5.76 Å². The summed E-state index contributed by atoms with van der Waals surface area (Å²) in [5.41, 5.74) is 2.50. The minimum atomic E-state index is -0.864. The molecule has 1 unspecified atom stereocenters. The van der Waals surface area contributed by atoms with Gasteiger partial charge in [0.15, 0.2) is 0 Å². The van der Waals surface area contributed by atoms with E-state index in [1.165, 1.54) is 18.3 Å². The number of furan rings is 1. The van der Waals surface area contributed by atoms with E-state index in [1.807, 2.05) is 19.9 Å². The van der Waals surface area contributed by atoms with E-state index in [1.54, 1.807) is 42.6 Å². The zero-order chi connectivity index (χ0) is 22.1. The van der Waals surface area contributed by atoms with Gasteiger partial charge in [0.05, 0.1) is 36.7 Å². The lowest BCUT2D eigenvalue weighted by molar-refractivity contribution is -0.140. The summed E-state index contributed by atoms with van der Waals surface area (Å²) in [4.78, 5) is 31.8. The number of methoxy groups -OCH3 is 1. The van der Waals surface area contributed by atoms with E-state index in [0.29, 0.717) is 22.8 Å². The van der Waals surface area contributed by atoms with Crippen molar-refractivity contribution < 1.29 is 23.8 Å². The Hall–Kier alpha value is -3.87. The predicted octanol–water partition coefficient (Wildman–Crippen LogP) is 3.92. The number of aryl methyl sites for hydroxylation is 2. The van der Waals surface area contributed by atoms with E-state index < -0.39 is 17.7 Å². The number of rotatable bonds is 5. The first-order chi connectivity index (χ1) is 14.9. The number of hydrogen-bond acceptors (Lipinski definition) is 6. The van der Waals surface area contributed by atoms with Gasteiger partial charge in [0.1, 0.15) is 23.3 Å². The topological polar surface area (TPSA) is 92.9 Å². The number of benzene rings is 1. The first kappa shape index (κ1) is 20.4. The van der Waals surface area contributed by atoms with Crippen LogP contribution in [0.1, 0.15) is 34.2 Å². The number of carbonyl (C=O) groups excluding carboxylic acids is 2. The molecule has 1 aliphatic heterocycles. The lowest BCUT2D eigenvalue weighted by Crippen LogP contribution is -2.29.